The molecule has 1 nitrogen and oxygen atoms in total. The van der Waals surface area contributed by atoms with Crippen molar-refractivity contribution in [2.24, 2.45) is 0 Å². The largest absolute Gasteiger partial charge is 0.296 e. The number of hydrogen-bond donors (Lipinski definition) is 0. The van der Waals surface area contributed by atoms with Gasteiger partial charge in [-0.2, -0.15) is 0 Å². The Morgan fingerprint density at radius 3 is 3.11 bits per heavy atom. The molecule has 0 bridgehead atoms. The van der Waals surface area contributed by atoms with Crippen LogP contribution in [0.25, 0.3) is 10.1 Å². The van der Waals surface area contributed by atoms with E-state index in [9.17, 15) is 0 Å². The summed E-state index contributed by atoms with van der Waals surface area (Å²) in [5, 5.41) is 4.92. The maximum Gasteiger partial charge on any atom is 0.0346 e. The van der Waals surface area contributed by atoms with Crippen LogP contribution in [0.2, 0.25) is 0 Å². The summed E-state index contributed by atoms with van der Waals surface area (Å²) >= 11 is 5.46. The van der Waals surface area contributed by atoms with E-state index in [1.165, 1.54) is 41.5 Å². The van der Waals surface area contributed by atoms with Gasteiger partial charge in [-0.25, -0.2) is 0 Å². The van der Waals surface area contributed by atoms with Crippen LogP contribution in [0, 0.1) is 0 Å². The minimum absolute atomic E-state index is 0.781. The number of fused-ring (bicyclic) bond motifs is 1. The average Bonchev–Trinajstić information content (AvgIpc) is 2.99. The van der Waals surface area contributed by atoms with Crippen molar-refractivity contribution >= 4 is 37.4 Å². The van der Waals surface area contributed by atoms with Gasteiger partial charge in [-0.05, 0) is 48.2 Å². The lowest BCUT2D eigenvalue weighted by Gasteiger charge is -2.23. The number of thiophene rings is 1. The van der Waals surface area contributed by atoms with Crippen molar-refractivity contribution in [3.05, 3.63) is 35.2 Å². The molecule has 3 heteroatoms. The molecule has 0 N–H and O–H groups in total. The number of hydrogen-bond acceptors (Lipinski definition) is 2. The zero-order chi connectivity index (χ0) is 12.4. The molecule has 2 heterocycles. The Labute approximate surface area is 121 Å². The smallest absolute Gasteiger partial charge is 0.0346 e. The van der Waals surface area contributed by atoms with E-state index in [2.05, 4.69) is 50.5 Å². The maximum atomic E-state index is 3.58. The lowest BCUT2D eigenvalue weighted by Crippen LogP contribution is -2.29. The van der Waals surface area contributed by atoms with Gasteiger partial charge < -0.3 is 0 Å². The van der Waals surface area contributed by atoms with Crippen molar-refractivity contribution < 1.29 is 0 Å². The van der Waals surface area contributed by atoms with Crippen LogP contribution < -0.4 is 0 Å². The Hall–Kier alpha value is -0.380. The van der Waals surface area contributed by atoms with Gasteiger partial charge in [-0.3, -0.25) is 4.90 Å². The van der Waals surface area contributed by atoms with E-state index in [1.807, 2.05) is 11.3 Å². The lowest BCUT2D eigenvalue weighted by molar-refractivity contribution is 0.242. The Morgan fingerprint density at radius 2 is 2.22 bits per heavy atom. The molecule has 1 atom stereocenters. The molecule has 2 aromatic rings. The molecule has 0 saturated carbocycles. The molecule has 1 unspecified atom stereocenters. The Bertz CT molecular complexity index is 522. The summed E-state index contributed by atoms with van der Waals surface area (Å²) in [5.74, 6) is 0. The Kier molecular flexibility index (Phi) is 4.02. The summed E-state index contributed by atoms with van der Waals surface area (Å²) in [6, 6.07) is 9.55. The average molecular weight is 324 g/mol. The van der Waals surface area contributed by atoms with Gasteiger partial charge in [0.25, 0.3) is 0 Å². The monoisotopic (exact) mass is 323 g/mol. The summed E-state index contributed by atoms with van der Waals surface area (Å²) in [4.78, 5) is 2.66. The molecule has 0 aliphatic carbocycles. The first-order chi connectivity index (χ1) is 8.88. The van der Waals surface area contributed by atoms with Crippen molar-refractivity contribution in [2.45, 2.75) is 31.8 Å². The quantitative estimate of drug-likeness (QED) is 0.740. The molecule has 1 aliphatic rings. The van der Waals surface area contributed by atoms with Crippen LogP contribution >= 0.6 is 27.3 Å². The molecule has 0 amide bonds. The predicted octanol–water partition coefficient (Wildman–Crippen LogP) is 4.65. The highest BCUT2D eigenvalue weighted by Gasteiger charge is 2.24. The van der Waals surface area contributed by atoms with Gasteiger partial charge in [-0.15, -0.1) is 11.3 Å². The number of benzene rings is 1. The third-order valence-electron chi connectivity index (χ3n) is 3.88. The zero-order valence-electron chi connectivity index (χ0n) is 10.4. The number of alkyl halides is 1. The fourth-order valence-electron chi connectivity index (χ4n) is 2.93. The molecular weight excluding hydrogens is 306 g/mol. The zero-order valence-corrected chi connectivity index (χ0v) is 12.8. The summed E-state index contributed by atoms with van der Waals surface area (Å²) in [5.41, 5.74) is 1.51. The molecule has 1 aliphatic heterocycles. The standard InChI is InChI=1S/C15H18BrNS/c16-8-7-13-4-3-9-17(13)10-12-11-18-15-6-2-1-5-14(12)15/h1-2,5-6,11,13H,3-4,7-10H2. The summed E-state index contributed by atoms with van der Waals surface area (Å²) in [7, 11) is 0. The first kappa shape index (κ1) is 12.6. The normalized spacial score (nSPS) is 20.8. The maximum absolute atomic E-state index is 3.58. The van der Waals surface area contributed by atoms with Crippen molar-refractivity contribution in [3.63, 3.8) is 0 Å². The van der Waals surface area contributed by atoms with E-state index in [1.54, 1.807) is 0 Å². The first-order valence-corrected chi connectivity index (χ1v) is 8.63. The SMILES string of the molecule is BrCCC1CCCN1Cc1csc2ccccc12. The molecule has 1 aromatic carbocycles. The van der Waals surface area contributed by atoms with Crippen LogP contribution in [-0.4, -0.2) is 22.8 Å². The van der Waals surface area contributed by atoms with E-state index in [0.717, 1.165) is 17.9 Å². The van der Waals surface area contributed by atoms with Crippen molar-refractivity contribution in [3.8, 4) is 0 Å². The van der Waals surface area contributed by atoms with Gasteiger partial charge in [0.1, 0.15) is 0 Å². The Balaban J connectivity index is 1.79. The van der Waals surface area contributed by atoms with Gasteiger partial charge in [0, 0.05) is 22.6 Å². The van der Waals surface area contributed by atoms with E-state index < -0.39 is 0 Å². The van der Waals surface area contributed by atoms with E-state index in [4.69, 9.17) is 0 Å². The second kappa shape index (κ2) is 5.72. The molecule has 1 saturated heterocycles. The summed E-state index contributed by atoms with van der Waals surface area (Å²) < 4.78 is 1.42. The highest BCUT2D eigenvalue weighted by atomic mass is 79.9. The Morgan fingerprint density at radius 1 is 1.33 bits per heavy atom. The fourth-order valence-corrected chi connectivity index (χ4v) is 4.41. The number of rotatable bonds is 4. The van der Waals surface area contributed by atoms with Gasteiger partial charge in [0.15, 0.2) is 0 Å². The van der Waals surface area contributed by atoms with E-state index >= 15 is 0 Å². The number of halogens is 1. The minimum Gasteiger partial charge on any atom is -0.296 e. The molecule has 0 radical (unpaired) electrons. The van der Waals surface area contributed by atoms with Crippen LogP contribution in [0.3, 0.4) is 0 Å². The second-order valence-corrected chi connectivity index (χ2v) is 6.71. The molecule has 0 spiro atoms. The fraction of sp³-hybridized carbons (Fsp3) is 0.467. The van der Waals surface area contributed by atoms with Gasteiger partial charge in [0.05, 0.1) is 0 Å². The van der Waals surface area contributed by atoms with Crippen molar-refractivity contribution in [2.75, 3.05) is 11.9 Å². The molecular formula is C15H18BrNS. The summed E-state index contributed by atoms with van der Waals surface area (Å²) in [6.07, 6.45) is 4.01. The second-order valence-electron chi connectivity index (χ2n) is 5.00. The molecule has 18 heavy (non-hydrogen) atoms. The minimum atomic E-state index is 0.781. The number of nitrogens with zero attached hydrogens (tertiary/aromatic N) is 1. The van der Waals surface area contributed by atoms with Gasteiger partial charge >= 0.3 is 0 Å². The third kappa shape index (κ3) is 2.49. The topological polar surface area (TPSA) is 3.24 Å². The number of likely N-dealkylation sites (tertiary alicyclic amines) is 1. The van der Waals surface area contributed by atoms with Crippen molar-refractivity contribution in [1.29, 1.82) is 0 Å². The van der Waals surface area contributed by atoms with Crippen LogP contribution in [0.5, 0.6) is 0 Å². The molecule has 3 rings (SSSR count). The molecule has 1 aromatic heterocycles. The highest BCUT2D eigenvalue weighted by molar-refractivity contribution is 9.09. The van der Waals surface area contributed by atoms with Gasteiger partial charge in [-0.1, -0.05) is 34.1 Å². The molecule has 1 fully saturated rings. The van der Waals surface area contributed by atoms with Crippen LogP contribution in [-0.2, 0) is 6.54 Å². The van der Waals surface area contributed by atoms with E-state index in [0.29, 0.717) is 0 Å². The van der Waals surface area contributed by atoms with Crippen LogP contribution in [0.1, 0.15) is 24.8 Å². The lowest BCUT2D eigenvalue weighted by atomic mass is 10.1. The molecule has 96 valence electrons. The van der Waals surface area contributed by atoms with E-state index in [-0.39, 0.29) is 0 Å². The highest BCUT2D eigenvalue weighted by Crippen LogP contribution is 2.29. The van der Waals surface area contributed by atoms with Crippen molar-refractivity contribution in [1.82, 2.24) is 4.90 Å². The first-order valence-electron chi connectivity index (χ1n) is 6.63. The summed E-state index contributed by atoms with van der Waals surface area (Å²) in [6.45, 7) is 2.39. The van der Waals surface area contributed by atoms with Crippen LogP contribution in [0.15, 0.2) is 29.6 Å². The van der Waals surface area contributed by atoms with Gasteiger partial charge in [0.2, 0.25) is 0 Å². The van der Waals surface area contributed by atoms with Crippen LogP contribution in [0.4, 0.5) is 0 Å². The predicted molar refractivity (Wildman–Crippen MR) is 83.7 cm³/mol. The third-order valence-corrected chi connectivity index (χ3v) is 5.35.